The van der Waals surface area contributed by atoms with Gasteiger partial charge in [-0.3, -0.25) is 0 Å². The normalized spacial score (nSPS) is 17.2. The lowest BCUT2D eigenvalue weighted by Gasteiger charge is -2.13. The molecule has 0 spiro atoms. The summed E-state index contributed by atoms with van der Waals surface area (Å²) >= 11 is 0. The van der Waals surface area contributed by atoms with Gasteiger partial charge in [0.15, 0.2) is 0 Å². The van der Waals surface area contributed by atoms with Gasteiger partial charge in [0.2, 0.25) is 0 Å². The van der Waals surface area contributed by atoms with E-state index in [1.54, 1.807) is 12.2 Å². The third kappa shape index (κ3) is 5.48. The number of unbranched alkanes of at least 4 members (excludes halogenated alkanes) is 1. The first-order chi connectivity index (χ1) is 8.63. The van der Waals surface area contributed by atoms with Gasteiger partial charge in [0.05, 0.1) is 0 Å². The van der Waals surface area contributed by atoms with Crippen LogP contribution in [0.2, 0.25) is 0 Å². The molecule has 102 valence electrons. The van der Waals surface area contributed by atoms with Gasteiger partial charge in [-0.05, 0) is 30.9 Å². The molecule has 0 aromatic heterocycles. The Morgan fingerprint density at radius 3 is 2.78 bits per heavy atom. The van der Waals surface area contributed by atoms with Gasteiger partial charge in [0, 0.05) is 0 Å². The molecule has 0 saturated heterocycles. The Kier molecular flexibility index (Phi) is 6.69. The van der Waals surface area contributed by atoms with Gasteiger partial charge in [0.1, 0.15) is 12.4 Å². The van der Waals surface area contributed by atoms with Gasteiger partial charge >= 0.3 is 0 Å². The molecule has 0 saturated carbocycles. The summed E-state index contributed by atoms with van der Waals surface area (Å²) in [4.78, 5) is 0. The maximum atomic E-state index is 12.0. The van der Waals surface area contributed by atoms with E-state index in [9.17, 15) is 8.78 Å². The average molecular weight is 256 g/mol. The molecular weight excluding hydrogens is 234 g/mol. The summed E-state index contributed by atoms with van der Waals surface area (Å²) in [5.74, 6) is 1.06. The fraction of sp³-hybridized carbons (Fsp3) is 0.600. The van der Waals surface area contributed by atoms with Crippen LogP contribution in [0.1, 0.15) is 39.5 Å². The van der Waals surface area contributed by atoms with Crippen LogP contribution < -0.4 is 0 Å². The quantitative estimate of drug-likeness (QED) is 0.631. The molecule has 1 atom stereocenters. The first-order valence-corrected chi connectivity index (χ1v) is 6.61. The lowest BCUT2D eigenvalue weighted by atomic mass is 9.93. The zero-order chi connectivity index (χ0) is 13.4. The molecule has 0 aromatic carbocycles. The van der Waals surface area contributed by atoms with E-state index in [1.807, 2.05) is 12.2 Å². The van der Waals surface area contributed by atoms with Crippen molar-refractivity contribution in [2.24, 2.45) is 5.92 Å². The summed E-state index contributed by atoms with van der Waals surface area (Å²) in [5.41, 5.74) is 1.34. The van der Waals surface area contributed by atoms with E-state index in [0.29, 0.717) is 11.7 Å². The standard InChI is InChI=1S/C15H22F2O/c1-3-4-6-12(2)13-7-5-8-14(10-9-13)18-11-15(16)17/h5,8-10,12,15H,3-4,6-7,11H2,1-2H3. The number of alkyl halides is 2. The smallest absolute Gasteiger partial charge is 0.272 e. The summed E-state index contributed by atoms with van der Waals surface area (Å²) in [7, 11) is 0. The highest BCUT2D eigenvalue weighted by molar-refractivity contribution is 5.28. The number of hydrogen-bond acceptors (Lipinski definition) is 1. The van der Waals surface area contributed by atoms with Crippen molar-refractivity contribution in [2.75, 3.05) is 6.61 Å². The molecule has 3 heteroatoms. The minimum Gasteiger partial charge on any atom is -0.488 e. The molecule has 0 N–H and O–H groups in total. The van der Waals surface area contributed by atoms with E-state index in [4.69, 9.17) is 4.74 Å². The van der Waals surface area contributed by atoms with Gasteiger partial charge in [-0.15, -0.1) is 0 Å². The lowest BCUT2D eigenvalue weighted by molar-refractivity contribution is 0.0525. The zero-order valence-electron chi connectivity index (χ0n) is 11.2. The topological polar surface area (TPSA) is 9.23 Å². The van der Waals surface area contributed by atoms with Crippen LogP contribution >= 0.6 is 0 Å². The maximum absolute atomic E-state index is 12.0. The van der Waals surface area contributed by atoms with Crippen molar-refractivity contribution in [1.82, 2.24) is 0 Å². The van der Waals surface area contributed by atoms with Crippen LogP contribution in [-0.2, 0) is 4.74 Å². The predicted octanol–water partition coefficient (Wildman–Crippen LogP) is 4.86. The van der Waals surface area contributed by atoms with E-state index < -0.39 is 13.0 Å². The predicted molar refractivity (Wildman–Crippen MR) is 70.6 cm³/mol. The third-order valence-electron chi connectivity index (χ3n) is 3.10. The second kappa shape index (κ2) is 8.06. The minimum absolute atomic E-state index is 0.521. The first kappa shape index (κ1) is 14.9. The number of hydrogen-bond donors (Lipinski definition) is 0. The van der Waals surface area contributed by atoms with Gasteiger partial charge in [0.25, 0.3) is 6.43 Å². The summed E-state index contributed by atoms with van der Waals surface area (Å²) in [6.07, 6.45) is 9.63. The van der Waals surface area contributed by atoms with Crippen molar-refractivity contribution < 1.29 is 13.5 Å². The highest BCUT2D eigenvalue weighted by Crippen LogP contribution is 2.23. The second-order valence-corrected chi connectivity index (χ2v) is 4.66. The van der Waals surface area contributed by atoms with Crippen molar-refractivity contribution in [3.8, 4) is 0 Å². The van der Waals surface area contributed by atoms with E-state index >= 15 is 0 Å². The highest BCUT2D eigenvalue weighted by Gasteiger charge is 2.09. The van der Waals surface area contributed by atoms with Crippen molar-refractivity contribution >= 4 is 0 Å². The van der Waals surface area contributed by atoms with Gasteiger partial charge in [-0.25, -0.2) is 8.78 Å². The van der Waals surface area contributed by atoms with Crippen LogP contribution in [-0.4, -0.2) is 13.0 Å². The summed E-state index contributed by atoms with van der Waals surface area (Å²) in [6.45, 7) is 3.86. The zero-order valence-corrected chi connectivity index (χ0v) is 11.2. The second-order valence-electron chi connectivity index (χ2n) is 4.66. The molecule has 1 aliphatic carbocycles. The van der Waals surface area contributed by atoms with E-state index in [2.05, 4.69) is 13.8 Å². The molecule has 1 nitrogen and oxygen atoms in total. The van der Waals surface area contributed by atoms with E-state index in [0.717, 1.165) is 6.42 Å². The van der Waals surface area contributed by atoms with Gasteiger partial charge < -0.3 is 4.74 Å². The molecule has 1 aliphatic rings. The number of ether oxygens (including phenoxy) is 1. The Morgan fingerprint density at radius 1 is 1.33 bits per heavy atom. The molecule has 1 unspecified atom stereocenters. The van der Waals surface area contributed by atoms with Gasteiger partial charge in [-0.1, -0.05) is 44.4 Å². The molecule has 0 fully saturated rings. The van der Waals surface area contributed by atoms with Crippen molar-refractivity contribution in [1.29, 1.82) is 0 Å². The first-order valence-electron chi connectivity index (χ1n) is 6.61. The number of rotatable bonds is 7. The molecule has 0 bridgehead atoms. The van der Waals surface area contributed by atoms with Crippen LogP contribution in [0.5, 0.6) is 0 Å². The SMILES string of the molecule is CCCCC(C)C1=CC=C(OCC(F)F)C=CC1. The van der Waals surface area contributed by atoms with E-state index in [1.165, 1.54) is 24.8 Å². The average Bonchev–Trinajstić information content (AvgIpc) is 2.58. The fourth-order valence-corrected chi connectivity index (χ4v) is 1.94. The van der Waals surface area contributed by atoms with E-state index in [-0.39, 0.29) is 0 Å². The molecule has 0 radical (unpaired) electrons. The van der Waals surface area contributed by atoms with Crippen LogP contribution in [0.4, 0.5) is 8.78 Å². The summed E-state index contributed by atoms with van der Waals surface area (Å²) < 4.78 is 29.1. The summed E-state index contributed by atoms with van der Waals surface area (Å²) in [6, 6.07) is 0. The molecule has 1 rings (SSSR count). The Hall–Kier alpha value is -1.12. The maximum Gasteiger partial charge on any atom is 0.272 e. The van der Waals surface area contributed by atoms with Crippen molar-refractivity contribution in [2.45, 2.75) is 46.0 Å². The Labute approximate surface area is 108 Å². The highest BCUT2D eigenvalue weighted by atomic mass is 19.3. The molecule has 0 aromatic rings. The molecule has 0 heterocycles. The largest absolute Gasteiger partial charge is 0.488 e. The van der Waals surface area contributed by atoms with Crippen LogP contribution in [0, 0.1) is 5.92 Å². The Morgan fingerprint density at radius 2 is 2.11 bits per heavy atom. The van der Waals surface area contributed by atoms with Crippen LogP contribution in [0.25, 0.3) is 0 Å². The third-order valence-corrected chi connectivity index (χ3v) is 3.10. The lowest BCUT2D eigenvalue weighted by Crippen LogP contribution is -2.02. The van der Waals surface area contributed by atoms with Crippen LogP contribution in [0.3, 0.4) is 0 Å². The number of halogens is 2. The van der Waals surface area contributed by atoms with Crippen molar-refractivity contribution in [3.63, 3.8) is 0 Å². The summed E-state index contributed by atoms with van der Waals surface area (Å²) in [5, 5.41) is 0. The molecule has 0 amide bonds. The minimum atomic E-state index is -2.42. The van der Waals surface area contributed by atoms with Gasteiger partial charge in [-0.2, -0.15) is 0 Å². The Bertz CT molecular complexity index is 329. The molecule has 0 aliphatic heterocycles. The molecular formula is C15H22F2O. The molecule has 18 heavy (non-hydrogen) atoms. The van der Waals surface area contributed by atoms with Crippen LogP contribution in [0.15, 0.2) is 35.6 Å². The number of allylic oxidation sites excluding steroid dienone is 5. The Balaban J connectivity index is 2.55. The fourth-order valence-electron chi connectivity index (χ4n) is 1.94. The monoisotopic (exact) mass is 256 g/mol. The van der Waals surface area contributed by atoms with Crippen molar-refractivity contribution in [3.05, 3.63) is 35.6 Å².